The van der Waals surface area contributed by atoms with Gasteiger partial charge in [-0.2, -0.15) is 9.65 Å². The number of pyridine rings is 3. The van der Waals surface area contributed by atoms with Gasteiger partial charge < -0.3 is 9.88 Å². The number of fused-ring (bicyclic) bond motifs is 1. The number of nitrogens with zero attached hydrogens (tertiary/aromatic N) is 5. The quantitative estimate of drug-likeness (QED) is 0.661. The van der Waals surface area contributed by atoms with Crippen LogP contribution >= 0.6 is 0 Å². The maximum atomic E-state index is 14.1. The summed E-state index contributed by atoms with van der Waals surface area (Å²) in [7, 11) is 0. The lowest BCUT2D eigenvalue weighted by Crippen LogP contribution is -2.46. The number of halogens is 3. The molecule has 154 valence electrons. The first-order chi connectivity index (χ1) is 14.4. The molecular formula is C20H17F3N6O. The predicted molar refractivity (Wildman–Crippen MR) is 104 cm³/mol. The van der Waals surface area contributed by atoms with E-state index in [0.717, 1.165) is 11.6 Å². The molecule has 0 unspecified atom stereocenters. The Hall–Kier alpha value is -3.45. The number of nitriles is 1. The van der Waals surface area contributed by atoms with Gasteiger partial charge in [-0.3, -0.25) is 14.7 Å². The molecule has 1 aliphatic rings. The number of alkyl halides is 2. The Kier molecular flexibility index (Phi) is 5.37. The predicted octanol–water partition coefficient (Wildman–Crippen LogP) is 2.59. The average Bonchev–Trinajstić information content (AvgIpc) is 2.73. The molecule has 1 saturated heterocycles. The minimum Gasteiger partial charge on any atom is -0.365 e. The summed E-state index contributed by atoms with van der Waals surface area (Å²) in [5.41, 5.74) is 0.550. The third-order valence-electron chi connectivity index (χ3n) is 5.08. The molecule has 3 aromatic heterocycles. The summed E-state index contributed by atoms with van der Waals surface area (Å²) >= 11 is 0. The lowest BCUT2D eigenvalue weighted by Gasteiger charge is -2.36. The summed E-state index contributed by atoms with van der Waals surface area (Å²) in [5, 5.41) is 8.80. The highest BCUT2D eigenvalue weighted by atomic mass is 19.3. The molecule has 7 nitrogen and oxygen atoms in total. The number of hydrogen-bond acceptors (Lipinski definition) is 6. The zero-order valence-electron chi connectivity index (χ0n) is 15.8. The van der Waals surface area contributed by atoms with E-state index in [9.17, 15) is 18.0 Å². The maximum Gasteiger partial charge on any atom is 0.269 e. The van der Waals surface area contributed by atoms with E-state index in [2.05, 4.69) is 19.9 Å². The average molecular weight is 414 g/mol. The number of anilines is 1. The second-order valence-corrected chi connectivity index (χ2v) is 7.01. The topological polar surface area (TPSA) is 88.9 Å². The molecule has 0 radical (unpaired) electrons. The maximum absolute atomic E-state index is 14.1. The summed E-state index contributed by atoms with van der Waals surface area (Å²) in [6.07, 6.45) is -1.25. The third-order valence-corrected chi connectivity index (χ3v) is 5.08. The Morgan fingerprint density at radius 3 is 2.63 bits per heavy atom. The number of aromatic nitrogens is 3. The molecule has 0 spiro atoms. The fourth-order valence-corrected chi connectivity index (χ4v) is 3.52. The van der Waals surface area contributed by atoms with Gasteiger partial charge in [0, 0.05) is 38.9 Å². The normalized spacial score (nSPS) is 15.0. The van der Waals surface area contributed by atoms with Crippen molar-refractivity contribution in [2.75, 3.05) is 31.1 Å². The number of rotatable bonds is 4. The summed E-state index contributed by atoms with van der Waals surface area (Å²) < 4.78 is 39.8. The molecular weight excluding hydrogens is 397 g/mol. The van der Waals surface area contributed by atoms with Crippen LogP contribution in [0.3, 0.4) is 0 Å². The second kappa shape index (κ2) is 8.12. The number of H-pyrrole nitrogens is 1. The van der Waals surface area contributed by atoms with Crippen LogP contribution in [0.1, 0.15) is 23.2 Å². The van der Waals surface area contributed by atoms with Crippen LogP contribution < -0.4 is 10.5 Å². The van der Waals surface area contributed by atoms with Gasteiger partial charge >= 0.3 is 0 Å². The van der Waals surface area contributed by atoms with Crippen molar-refractivity contribution in [2.45, 2.75) is 13.0 Å². The number of piperazine rings is 1. The van der Waals surface area contributed by atoms with E-state index in [1.807, 2.05) is 11.0 Å². The second-order valence-electron chi connectivity index (χ2n) is 7.01. The Morgan fingerprint density at radius 1 is 1.20 bits per heavy atom. The SMILES string of the molecule is N#Cc1ccc(N2CCN(Cc3cnc4cc(C(F)F)c(=O)[nH]c4c3)CC2)c(F)n1. The summed E-state index contributed by atoms with van der Waals surface area (Å²) in [5.74, 6) is -0.659. The molecule has 3 aromatic rings. The molecule has 0 aromatic carbocycles. The summed E-state index contributed by atoms with van der Waals surface area (Å²) in [6.45, 7) is 3.06. The van der Waals surface area contributed by atoms with E-state index in [1.165, 1.54) is 6.07 Å². The molecule has 1 aliphatic heterocycles. The van der Waals surface area contributed by atoms with Crippen LogP contribution in [-0.4, -0.2) is 46.0 Å². The van der Waals surface area contributed by atoms with E-state index in [4.69, 9.17) is 5.26 Å². The van der Waals surface area contributed by atoms with Crippen LogP contribution in [0.25, 0.3) is 11.0 Å². The molecule has 0 atom stereocenters. The summed E-state index contributed by atoms with van der Waals surface area (Å²) in [6, 6.07) is 7.71. The van der Waals surface area contributed by atoms with Crippen molar-refractivity contribution in [2.24, 2.45) is 0 Å². The first-order valence-corrected chi connectivity index (χ1v) is 9.28. The van der Waals surface area contributed by atoms with Gasteiger partial charge in [0.2, 0.25) is 5.95 Å². The van der Waals surface area contributed by atoms with Gasteiger partial charge in [0.05, 0.1) is 22.3 Å². The molecule has 0 aliphatic carbocycles. The smallest absolute Gasteiger partial charge is 0.269 e. The Balaban J connectivity index is 1.44. The van der Waals surface area contributed by atoms with Gasteiger partial charge in [0.25, 0.3) is 12.0 Å². The lowest BCUT2D eigenvalue weighted by atomic mass is 10.2. The molecule has 30 heavy (non-hydrogen) atoms. The highest BCUT2D eigenvalue weighted by Crippen LogP contribution is 2.21. The highest BCUT2D eigenvalue weighted by Gasteiger charge is 2.21. The van der Waals surface area contributed by atoms with Crippen molar-refractivity contribution in [3.8, 4) is 6.07 Å². The number of nitrogens with one attached hydrogen (secondary N) is 1. The van der Waals surface area contributed by atoms with Gasteiger partial charge in [-0.25, -0.2) is 13.8 Å². The Labute approximate surface area is 169 Å². The van der Waals surface area contributed by atoms with Crippen LogP contribution in [0.15, 0.2) is 35.3 Å². The minimum absolute atomic E-state index is 0.0393. The molecule has 4 heterocycles. The molecule has 0 saturated carbocycles. The van der Waals surface area contributed by atoms with Gasteiger partial charge in [0.15, 0.2) is 0 Å². The zero-order chi connectivity index (χ0) is 21.3. The van der Waals surface area contributed by atoms with Crippen molar-refractivity contribution >= 4 is 16.7 Å². The van der Waals surface area contributed by atoms with E-state index in [-0.39, 0.29) is 5.69 Å². The largest absolute Gasteiger partial charge is 0.365 e. The molecule has 1 N–H and O–H groups in total. The fraction of sp³-hybridized carbons (Fsp3) is 0.300. The zero-order valence-corrected chi connectivity index (χ0v) is 15.8. The van der Waals surface area contributed by atoms with Gasteiger partial charge in [-0.05, 0) is 29.8 Å². The van der Waals surface area contributed by atoms with E-state index < -0.39 is 23.5 Å². The number of aromatic amines is 1. The van der Waals surface area contributed by atoms with Crippen LogP contribution in [0.2, 0.25) is 0 Å². The van der Waals surface area contributed by atoms with Crippen LogP contribution in [-0.2, 0) is 6.54 Å². The van der Waals surface area contributed by atoms with Crippen molar-refractivity contribution < 1.29 is 13.2 Å². The summed E-state index contributed by atoms with van der Waals surface area (Å²) in [4.78, 5) is 26.1. The van der Waals surface area contributed by atoms with Crippen LogP contribution in [0, 0.1) is 17.3 Å². The van der Waals surface area contributed by atoms with E-state index in [1.54, 1.807) is 18.3 Å². The van der Waals surface area contributed by atoms with Crippen molar-refractivity contribution in [3.63, 3.8) is 0 Å². The molecule has 4 rings (SSSR count). The molecule has 0 bridgehead atoms. The Bertz CT molecular complexity index is 1180. The van der Waals surface area contributed by atoms with E-state index in [0.29, 0.717) is 49.4 Å². The van der Waals surface area contributed by atoms with Crippen molar-refractivity contribution in [1.29, 1.82) is 5.26 Å². The molecule has 0 amide bonds. The van der Waals surface area contributed by atoms with E-state index >= 15 is 0 Å². The molecule has 10 heteroatoms. The van der Waals surface area contributed by atoms with Crippen molar-refractivity contribution in [3.05, 3.63) is 63.6 Å². The first kappa shape index (κ1) is 19.8. The third kappa shape index (κ3) is 3.97. The van der Waals surface area contributed by atoms with Crippen LogP contribution in [0.4, 0.5) is 18.9 Å². The fourth-order valence-electron chi connectivity index (χ4n) is 3.52. The lowest BCUT2D eigenvalue weighted by molar-refractivity contribution is 0.150. The Morgan fingerprint density at radius 2 is 1.97 bits per heavy atom. The standard InChI is InChI=1S/C20H17F3N6O/c21-18(22)14-8-15-16(27-20(14)30)7-12(10-25-15)11-28-3-5-29(6-4-28)17-2-1-13(9-24)26-19(17)23/h1-2,7-8,10,18H,3-6,11H2,(H,27,30). The highest BCUT2D eigenvalue weighted by molar-refractivity contribution is 5.74. The molecule has 1 fully saturated rings. The monoisotopic (exact) mass is 414 g/mol. The number of hydrogen-bond donors (Lipinski definition) is 1. The van der Waals surface area contributed by atoms with Gasteiger partial charge in [0.1, 0.15) is 11.8 Å². The van der Waals surface area contributed by atoms with Crippen LogP contribution in [0.5, 0.6) is 0 Å². The minimum atomic E-state index is -2.85. The van der Waals surface area contributed by atoms with Gasteiger partial charge in [-0.15, -0.1) is 0 Å². The first-order valence-electron chi connectivity index (χ1n) is 9.28. The van der Waals surface area contributed by atoms with Gasteiger partial charge in [-0.1, -0.05) is 0 Å². The van der Waals surface area contributed by atoms with Crippen molar-refractivity contribution in [1.82, 2.24) is 19.9 Å².